The molecule has 0 aromatic carbocycles. The summed E-state index contributed by atoms with van der Waals surface area (Å²) >= 11 is 0. The lowest BCUT2D eigenvalue weighted by Crippen LogP contribution is -2.32. The van der Waals surface area contributed by atoms with E-state index in [4.69, 9.17) is 0 Å². The van der Waals surface area contributed by atoms with Crippen molar-refractivity contribution >= 4 is 5.82 Å². The van der Waals surface area contributed by atoms with Crippen molar-refractivity contribution in [3.05, 3.63) is 29.7 Å². The fraction of sp³-hybridized carbons (Fsp3) is 0.625. The fourth-order valence-corrected chi connectivity index (χ4v) is 2.41. The van der Waals surface area contributed by atoms with E-state index < -0.39 is 0 Å². The van der Waals surface area contributed by atoms with Crippen LogP contribution in [0, 0.1) is 5.41 Å². The van der Waals surface area contributed by atoms with Gasteiger partial charge in [-0.15, -0.1) is 0 Å². The van der Waals surface area contributed by atoms with Gasteiger partial charge in [-0.3, -0.25) is 4.98 Å². The zero-order chi connectivity index (χ0) is 14.6. The van der Waals surface area contributed by atoms with Gasteiger partial charge < -0.3 is 10.2 Å². The Morgan fingerprint density at radius 1 is 1.25 bits per heavy atom. The summed E-state index contributed by atoms with van der Waals surface area (Å²) in [5.74, 6) is 0.981. The first-order valence-electron chi connectivity index (χ1n) is 7.47. The lowest BCUT2D eigenvalue weighted by atomic mass is 9.83. The molecular formula is C16H26N4. The third-order valence-electron chi connectivity index (χ3n) is 3.74. The highest BCUT2D eigenvalue weighted by Gasteiger charge is 2.21. The maximum atomic E-state index is 4.54. The van der Waals surface area contributed by atoms with E-state index in [9.17, 15) is 0 Å². The highest BCUT2D eigenvalue weighted by molar-refractivity contribution is 5.39. The minimum absolute atomic E-state index is 0.285. The SMILES string of the molecule is CCNCc1cnc(N2CC=C(C(C)(C)C)CC2)cn1. The Morgan fingerprint density at radius 2 is 2.05 bits per heavy atom. The molecule has 0 saturated carbocycles. The Hall–Kier alpha value is -1.42. The average molecular weight is 274 g/mol. The number of anilines is 1. The van der Waals surface area contributed by atoms with Gasteiger partial charge in [-0.2, -0.15) is 0 Å². The molecule has 0 saturated heterocycles. The van der Waals surface area contributed by atoms with Gasteiger partial charge in [0, 0.05) is 19.6 Å². The Bertz CT molecular complexity index is 456. The molecule has 0 amide bonds. The summed E-state index contributed by atoms with van der Waals surface area (Å²) in [4.78, 5) is 11.3. The largest absolute Gasteiger partial charge is 0.351 e. The van der Waals surface area contributed by atoms with Crippen molar-refractivity contribution in [3.63, 3.8) is 0 Å². The molecule has 1 aliphatic heterocycles. The molecule has 0 unspecified atom stereocenters. The van der Waals surface area contributed by atoms with Crippen molar-refractivity contribution in [2.24, 2.45) is 5.41 Å². The van der Waals surface area contributed by atoms with Crippen LogP contribution in [0.5, 0.6) is 0 Å². The van der Waals surface area contributed by atoms with Gasteiger partial charge >= 0.3 is 0 Å². The first kappa shape index (κ1) is 15.0. The molecule has 0 fully saturated rings. The fourth-order valence-electron chi connectivity index (χ4n) is 2.41. The summed E-state index contributed by atoms with van der Waals surface area (Å²) in [5, 5.41) is 3.26. The second-order valence-electron chi connectivity index (χ2n) is 6.32. The third kappa shape index (κ3) is 3.79. The van der Waals surface area contributed by atoms with Gasteiger partial charge in [0.1, 0.15) is 5.82 Å². The summed E-state index contributed by atoms with van der Waals surface area (Å²) < 4.78 is 0. The minimum atomic E-state index is 0.285. The maximum absolute atomic E-state index is 4.54. The zero-order valence-electron chi connectivity index (χ0n) is 13.1. The van der Waals surface area contributed by atoms with Crippen LogP contribution in [0.3, 0.4) is 0 Å². The number of nitrogens with one attached hydrogen (secondary N) is 1. The van der Waals surface area contributed by atoms with Crippen LogP contribution in [0.15, 0.2) is 24.0 Å². The van der Waals surface area contributed by atoms with Crippen LogP contribution in [0.4, 0.5) is 5.82 Å². The first-order chi connectivity index (χ1) is 9.50. The quantitative estimate of drug-likeness (QED) is 0.857. The van der Waals surface area contributed by atoms with Crippen LogP contribution < -0.4 is 10.2 Å². The van der Waals surface area contributed by atoms with Gasteiger partial charge in [-0.25, -0.2) is 4.98 Å². The predicted octanol–water partition coefficient (Wildman–Crippen LogP) is 2.77. The predicted molar refractivity (Wildman–Crippen MR) is 83.8 cm³/mol. The van der Waals surface area contributed by atoms with E-state index in [0.717, 1.165) is 44.1 Å². The number of hydrogen-bond acceptors (Lipinski definition) is 4. The van der Waals surface area contributed by atoms with E-state index in [1.807, 2.05) is 12.4 Å². The van der Waals surface area contributed by atoms with Gasteiger partial charge in [-0.1, -0.05) is 39.3 Å². The smallest absolute Gasteiger partial charge is 0.147 e. The highest BCUT2D eigenvalue weighted by Crippen LogP contribution is 2.30. The van der Waals surface area contributed by atoms with E-state index in [1.54, 1.807) is 5.57 Å². The second-order valence-corrected chi connectivity index (χ2v) is 6.32. The first-order valence-corrected chi connectivity index (χ1v) is 7.47. The number of aromatic nitrogens is 2. The monoisotopic (exact) mass is 274 g/mol. The van der Waals surface area contributed by atoms with Crippen molar-refractivity contribution in [2.45, 2.75) is 40.7 Å². The Balaban J connectivity index is 1.98. The van der Waals surface area contributed by atoms with E-state index in [0.29, 0.717) is 0 Å². The molecule has 4 nitrogen and oxygen atoms in total. The van der Waals surface area contributed by atoms with Gasteiger partial charge in [0.25, 0.3) is 0 Å². The van der Waals surface area contributed by atoms with Crippen LogP contribution in [-0.4, -0.2) is 29.6 Å². The number of rotatable bonds is 4. The zero-order valence-corrected chi connectivity index (χ0v) is 13.1. The summed E-state index contributed by atoms with van der Waals surface area (Å²) in [7, 11) is 0. The van der Waals surface area contributed by atoms with Crippen LogP contribution in [0.25, 0.3) is 0 Å². The second kappa shape index (κ2) is 6.35. The molecule has 20 heavy (non-hydrogen) atoms. The van der Waals surface area contributed by atoms with Gasteiger partial charge in [0.05, 0.1) is 18.1 Å². The summed E-state index contributed by atoms with van der Waals surface area (Å²) in [6, 6.07) is 0. The molecule has 0 bridgehead atoms. The van der Waals surface area contributed by atoms with Gasteiger partial charge in [0.2, 0.25) is 0 Å². The van der Waals surface area contributed by atoms with Crippen molar-refractivity contribution in [1.29, 1.82) is 0 Å². The minimum Gasteiger partial charge on any atom is -0.351 e. The Kier molecular flexibility index (Phi) is 4.76. The molecule has 0 atom stereocenters. The standard InChI is InChI=1S/C16H26N4/c1-5-17-10-14-11-19-15(12-18-14)20-8-6-13(7-9-20)16(2,3)4/h6,11-12,17H,5,7-10H2,1-4H3. The molecular weight excluding hydrogens is 248 g/mol. The Labute approximate surface area is 122 Å². The van der Waals surface area contributed by atoms with Crippen molar-refractivity contribution in [2.75, 3.05) is 24.5 Å². The van der Waals surface area contributed by atoms with Gasteiger partial charge in [-0.05, 0) is 18.4 Å². The molecule has 2 heterocycles. The molecule has 4 heteroatoms. The van der Waals surface area contributed by atoms with Crippen LogP contribution in [0.1, 0.15) is 39.8 Å². The van der Waals surface area contributed by atoms with Crippen LogP contribution in [0.2, 0.25) is 0 Å². The van der Waals surface area contributed by atoms with Crippen molar-refractivity contribution in [3.8, 4) is 0 Å². The lowest BCUT2D eigenvalue weighted by molar-refractivity contribution is 0.472. The average Bonchev–Trinajstić information content (AvgIpc) is 2.45. The van der Waals surface area contributed by atoms with Gasteiger partial charge in [0.15, 0.2) is 0 Å². The van der Waals surface area contributed by atoms with E-state index in [-0.39, 0.29) is 5.41 Å². The maximum Gasteiger partial charge on any atom is 0.147 e. The van der Waals surface area contributed by atoms with Crippen molar-refractivity contribution in [1.82, 2.24) is 15.3 Å². The highest BCUT2D eigenvalue weighted by atomic mass is 15.2. The summed E-state index contributed by atoms with van der Waals surface area (Å²) in [5.41, 5.74) is 2.83. The number of nitrogens with zero attached hydrogens (tertiary/aromatic N) is 3. The molecule has 0 aliphatic carbocycles. The van der Waals surface area contributed by atoms with E-state index >= 15 is 0 Å². The molecule has 1 N–H and O–H groups in total. The molecule has 1 aliphatic rings. The molecule has 0 radical (unpaired) electrons. The topological polar surface area (TPSA) is 41.1 Å². The summed E-state index contributed by atoms with van der Waals surface area (Å²) in [6.45, 7) is 12.7. The van der Waals surface area contributed by atoms with E-state index in [2.05, 4.69) is 54.0 Å². The molecule has 1 aromatic rings. The Morgan fingerprint density at radius 3 is 2.55 bits per heavy atom. The van der Waals surface area contributed by atoms with E-state index in [1.165, 1.54) is 0 Å². The molecule has 1 aromatic heterocycles. The van der Waals surface area contributed by atoms with Crippen LogP contribution >= 0.6 is 0 Å². The third-order valence-corrected chi connectivity index (χ3v) is 3.74. The molecule has 110 valence electrons. The lowest BCUT2D eigenvalue weighted by Gasteiger charge is -2.32. The van der Waals surface area contributed by atoms with Crippen molar-refractivity contribution < 1.29 is 0 Å². The molecule has 2 rings (SSSR count). The van der Waals surface area contributed by atoms with Crippen LogP contribution in [-0.2, 0) is 6.54 Å². The summed E-state index contributed by atoms with van der Waals surface area (Å²) in [6.07, 6.45) is 7.23. The normalized spacial score (nSPS) is 16.2. The number of hydrogen-bond donors (Lipinski definition) is 1. The molecule has 0 spiro atoms.